The maximum atomic E-state index is 14.2. The third kappa shape index (κ3) is 4.97. The van der Waals surface area contributed by atoms with Crippen molar-refractivity contribution in [2.75, 3.05) is 7.11 Å². The second-order valence-electron chi connectivity index (χ2n) is 8.41. The first-order valence-corrected chi connectivity index (χ1v) is 10.6. The molecule has 3 rings (SSSR count). The lowest BCUT2D eigenvalue weighted by Gasteiger charge is -2.37. The molecule has 0 aromatic heterocycles. The molecule has 1 aromatic carbocycles. The summed E-state index contributed by atoms with van der Waals surface area (Å²) in [6.45, 7) is 2.58. The molecule has 0 bridgehead atoms. The van der Waals surface area contributed by atoms with Crippen LogP contribution in [-0.2, 0) is 11.3 Å². The highest BCUT2D eigenvalue weighted by atomic mass is 19.1. The second kappa shape index (κ2) is 9.69. The quantitative estimate of drug-likeness (QED) is 0.497. The molecule has 0 amide bonds. The zero-order valence-electron chi connectivity index (χ0n) is 16.6. The molecule has 0 saturated heterocycles. The zero-order valence-corrected chi connectivity index (χ0v) is 16.6. The van der Waals surface area contributed by atoms with Crippen LogP contribution in [0.15, 0.2) is 30.4 Å². The molecule has 144 valence electrons. The fraction of sp³-hybridized carbons (Fsp3) is 0.667. The molecule has 0 heterocycles. The van der Waals surface area contributed by atoms with Crippen molar-refractivity contribution < 1.29 is 9.13 Å². The summed E-state index contributed by atoms with van der Waals surface area (Å²) >= 11 is 0. The van der Waals surface area contributed by atoms with Crippen molar-refractivity contribution in [1.29, 1.82) is 0 Å². The molecule has 1 aromatic rings. The van der Waals surface area contributed by atoms with Crippen molar-refractivity contribution in [3.05, 3.63) is 47.3 Å². The molecule has 2 aliphatic rings. The van der Waals surface area contributed by atoms with Gasteiger partial charge in [0.25, 0.3) is 0 Å². The van der Waals surface area contributed by atoms with E-state index >= 15 is 0 Å². The Balaban J connectivity index is 1.49. The molecule has 1 nitrogen and oxygen atoms in total. The zero-order chi connectivity index (χ0) is 18.4. The van der Waals surface area contributed by atoms with Gasteiger partial charge >= 0.3 is 0 Å². The standard InChI is InChI=1S/C24H35FO/c1-3-4-5-18-6-8-19(9-7-18)20-10-12-21(13-11-20)22-14-15-23(17-26-2)24(25)16-22/h4-5,14-16,18-21H,3,6-13,17H2,1-2H3/b5-4+/t18?,19?,20-,21-. The Bertz CT molecular complexity index is 578. The number of hydrogen-bond donors (Lipinski definition) is 0. The summed E-state index contributed by atoms with van der Waals surface area (Å²) in [7, 11) is 1.61. The second-order valence-corrected chi connectivity index (χ2v) is 8.41. The molecule has 2 aliphatic carbocycles. The van der Waals surface area contributed by atoms with E-state index in [9.17, 15) is 4.39 Å². The highest BCUT2D eigenvalue weighted by Gasteiger charge is 2.30. The topological polar surface area (TPSA) is 9.23 Å². The van der Waals surface area contributed by atoms with E-state index in [1.54, 1.807) is 13.2 Å². The summed E-state index contributed by atoms with van der Waals surface area (Å²) < 4.78 is 19.3. The van der Waals surface area contributed by atoms with Crippen LogP contribution in [0, 0.1) is 23.6 Å². The van der Waals surface area contributed by atoms with E-state index in [0.29, 0.717) is 18.1 Å². The minimum atomic E-state index is -0.107. The average molecular weight is 359 g/mol. The Hall–Kier alpha value is -1.15. The number of methoxy groups -OCH3 is 1. The molecule has 2 saturated carbocycles. The average Bonchev–Trinajstić information content (AvgIpc) is 2.69. The molecule has 0 spiro atoms. The van der Waals surface area contributed by atoms with E-state index in [-0.39, 0.29) is 5.82 Å². The van der Waals surface area contributed by atoms with Crippen LogP contribution in [0.25, 0.3) is 0 Å². The summed E-state index contributed by atoms with van der Waals surface area (Å²) in [5.41, 5.74) is 1.85. The largest absolute Gasteiger partial charge is 0.380 e. The van der Waals surface area contributed by atoms with Crippen LogP contribution in [0.5, 0.6) is 0 Å². The molecule has 0 N–H and O–H groups in total. The first-order valence-electron chi connectivity index (χ1n) is 10.6. The van der Waals surface area contributed by atoms with Crippen LogP contribution in [0.2, 0.25) is 0 Å². The lowest BCUT2D eigenvalue weighted by molar-refractivity contribution is 0.171. The number of benzene rings is 1. The van der Waals surface area contributed by atoms with Crippen molar-refractivity contribution >= 4 is 0 Å². The van der Waals surface area contributed by atoms with Gasteiger partial charge in [-0.15, -0.1) is 0 Å². The fourth-order valence-electron chi connectivity index (χ4n) is 5.15. The van der Waals surface area contributed by atoms with Gasteiger partial charge in [-0.05, 0) is 93.1 Å². The van der Waals surface area contributed by atoms with Crippen molar-refractivity contribution in [3.63, 3.8) is 0 Å². The Morgan fingerprint density at radius 2 is 1.65 bits per heavy atom. The molecule has 26 heavy (non-hydrogen) atoms. The van der Waals surface area contributed by atoms with E-state index in [1.165, 1.54) is 56.9 Å². The number of rotatable bonds is 6. The van der Waals surface area contributed by atoms with Gasteiger partial charge in [-0.3, -0.25) is 0 Å². The molecule has 0 radical (unpaired) electrons. The van der Waals surface area contributed by atoms with Gasteiger partial charge in [0.15, 0.2) is 0 Å². The minimum absolute atomic E-state index is 0.107. The van der Waals surface area contributed by atoms with Gasteiger partial charge in [-0.1, -0.05) is 31.2 Å². The SMILES string of the molecule is CC/C=C/C1CCC([C@H]2CC[C@H](c3ccc(COC)c(F)c3)CC2)CC1. The van der Waals surface area contributed by atoms with Gasteiger partial charge in [0.1, 0.15) is 5.82 Å². The molecule has 0 atom stereocenters. The van der Waals surface area contributed by atoms with E-state index in [1.807, 2.05) is 6.07 Å². The molecule has 2 heteroatoms. The van der Waals surface area contributed by atoms with E-state index in [0.717, 1.165) is 24.2 Å². The summed E-state index contributed by atoms with van der Waals surface area (Å²) in [6.07, 6.45) is 16.6. The van der Waals surface area contributed by atoms with Crippen LogP contribution < -0.4 is 0 Å². The Morgan fingerprint density at radius 1 is 1.00 bits per heavy atom. The molecule has 0 aliphatic heterocycles. The maximum absolute atomic E-state index is 14.2. The maximum Gasteiger partial charge on any atom is 0.129 e. The van der Waals surface area contributed by atoms with Crippen LogP contribution >= 0.6 is 0 Å². The van der Waals surface area contributed by atoms with E-state index < -0.39 is 0 Å². The lowest BCUT2D eigenvalue weighted by Crippen LogP contribution is -2.25. The lowest BCUT2D eigenvalue weighted by atomic mass is 9.68. The number of ether oxygens (including phenoxy) is 1. The van der Waals surface area contributed by atoms with Crippen molar-refractivity contribution in [2.45, 2.75) is 77.2 Å². The van der Waals surface area contributed by atoms with Gasteiger partial charge in [-0.2, -0.15) is 0 Å². The van der Waals surface area contributed by atoms with Crippen LogP contribution in [-0.4, -0.2) is 7.11 Å². The molecule has 2 fully saturated rings. The number of allylic oxidation sites excluding steroid dienone is 2. The smallest absolute Gasteiger partial charge is 0.129 e. The molecular formula is C24H35FO. The summed E-state index contributed by atoms with van der Waals surface area (Å²) in [6, 6.07) is 5.78. The Kier molecular flexibility index (Phi) is 7.31. The van der Waals surface area contributed by atoms with Gasteiger partial charge in [0.2, 0.25) is 0 Å². The predicted octanol–water partition coefficient (Wildman–Crippen LogP) is 7.02. The third-order valence-electron chi connectivity index (χ3n) is 6.75. The van der Waals surface area contributed by atoms with Crippen molar-refractivity contribution in [2.24, 2.45) is 17.8 Å². The Labute approximate surface area is 159 Å². The monoisotopic (exact) mass is 358 g/mol. The van der Waals surface area contributed by atoms with Gasteiger partial charge in [-0.25, -0.2) is 4.39 Å². The fourth-order valence-corrected chi connectivity index (χ4v) is 5.15. The third-order valence-corrected chi connectivity index (χ3v) is 6.75. The van der Waals surface area contributed by atoms with E-state index in [2.05, 4.69) is 25.1 Å². The Morgan fingerprint density at radius 3 is 2.23 bits per heavy atom. The van der Waals surface area contributed by atoms with Gasteiger partial charge < -0.3 is 4.74 Å². The first kappa shape index (κ1) is 19.6. The highest BCUT2D eigenvalue weighted by Crippen LogP contribution is 2.44. The predicted molar refractivity (Wildman–Crippen MR) is 107 cm³/mol. The van der Waals surface area contributed by atoms with Crippen LogP contribution in [0.4, 0.5) is 4.39 Å². The van der Waals surface area contributed by atoms with Gasteiger partial charge in [0.05, 0.1) is 6.61 Å². The summed E-state index contributed by atoms with van der Waals surface area (Å²) in [4.78, 5) is 0. The van der Waals surface area contributed by atoms with Gasteiger partial charge in [0, 0.05) is 12.7 Å². The number of hydrogen-bond acceptors (Lipinski definition) is 1. The van der Waals surface area contributed by atoms with Crippen LogP contribution in [0.3, 0.4) is 0 Å². The normalized spacial score (nSPS) is 30.0. The van der Waals surface area contributed by atoms with Crippen LogP contribution in [0.1, 0.15) is 81.8 Å². The van der Waals surface area contributed by atoms with Crippen molar-refractivity contribution in [1.82, 2.24) is 0 Å². The number of halogens is 1. The van der Waals surface area contributed by atoms with Crippen molar-refractivity contribution in [3.8, 4) is 0 Å². The highest BCUT2D eigenvalue weighted by molar-refractivity contribution is 5.27. The van der Waals surface area contributed by atoms with E-state index in [4.69, 9.17) is 4.74 Å². The summed E-state index contributed by atoms with van der Waals surface area (Å²) in [5.74, 6) is 3.10. The first-order chi connectivity index (χ1) is 12.7. The minimum Gasteiger partial charge on any atom is -0.380 e. The molecule has 0 unspecified atom stereocenters. The summed E-state index contributed by atoms with van der Waals surface area (Å²) in [5, 5.41) is 0. The molecular weight excluding hydrogens is 323 g/mol.